The van der Waals surface area contributed by atoms with Gasteiger partial charge in [0.15, 0.2) is 15.9 Å². The fraction of sp³-hybridized carbons (Fsp3) is 0.333. The Morgan fingerprint density at radius 1 is 1.27 bits per heavy atom. The summed E-state index contributed by atoms with van der Waals surface area (Å²) in [5.41, 5.74) is -0.196. The van der Waals surface area contributed by atoms with Crippen LogP contribution in [-0.2, 0) is 9.84 Å². The third kappa shape index (κ3) is 5.66. The quantitative estimate of drug-likeness (QED) is 0.629. The smallest absolute Gasteiger partial charge is 0.414 e. The molecular formula is C18H18F4N2O5S. The van der Waals surface area contributed by atoms with Crippen molar-refractivity contribution in [2.24, 2.45) is 0 Å². The lowest BCUT2D eigenvalue weighted by Gasteiger charge is -2.15. The maximum Gasteiger partial charge on any atom is 0.414 e. The summed E-state index contributed by atoms with van der Waals surface area (Å²) in [6, 6.07) is 5.48. The number of carbonyl (C=O) groups excluding carboxylic acids is 1. The molecule has 0 spiro atoms. The number of rotatable bonds is 7. The Morgan fingerprint density at radius 2 is 1.93 bits per heavy atom. The molecule has 0 fully saturated rings. The van der Waals surface area contributed by atoms with E-state index in [9.17, 15) is 30.8 Å². The molecule has 2 aromatic rings. The van der Waals surface area contributed by atoms with Crippen LogP contribution in [0.5, 0.6) is 5.75 Å². The van der Waals surface area contributed by atoms with Crippen molar-refractivity contribution in [1.29, 1.82) is 0 Å². The lowest BCUT2D eigenvalue weighted by atomic mass is 10.2. The van der Waals surface area contributed by atoms with E-state index in [2.05, 4.69) is 10.3 Å². The number of ether oxygens (including phenoxy) is 1. The number of pyridine rings is 1. The van der Waals surface area contributed by atoms with Crippen LogP contribution in [0.3, 0.4) is 0 Å². The standard InChI is InChI=1S/C18H18F4N2O5S/c1-10-13(19)4-6-16(23-10)24-17(26)12-9-11(3-5-14(12)29-2)30(27,28)8-7-15(25)18(20,21)22/h3-6,9,15,25H,7-8H2,1-2H3,(H,23,24,26)/t15-/m1/s1. The van der Waals surface area contributed by atoms with Gasteiger partial charge in [0.05, 0.1) is 29.0 Å². The van der Waals surface area contributed by atoms with Crippen molar-refractivity contribution in [2.45, 2.75) is 30.5 Å². The van der Waals surface area contributed by atoms with Crippen LogP contribution in [0.25, 0.3) is 0 Å². The highest BCUT2D eigenvalue weighted by molar-refractivity contribution is 7.91. The van der Waals surface area contributed by atoms with Gasteiger partial charge in [-0.2, -0.15) is 13.2 Å². The average molecular weight is 450 g/mol. The van der Waals surface area contributed by atoms with E-state index in [0.29, 0.717) is 0 Å². The summed E-state index contributed by atoms with van der Waals surface area (Å²) in [5.74, 6) is -2.39. The second kappa shape index (κ2) is 8.96. The number of hydrogen-bond acceptors (Lipinski definition) is 6. The summed E-state index contributed by atoms with van der Waals surface area (Å²) in [7, 11) is -3.01. The Bertz CT molecular complexity index is 1040. The van der Waals surface area contributed by atoms with Gasteiger partial charge in [-0.1, -0.05) is 0 Å². The zero-order valence-electron chi connectivity index (χ0n) is 15.8. The SMILES string of the molecule is COc1ccc(S(=O)(=O)CC[C@@H](O)C(F)(F)F)cc1C(=O)Nc1ccc(F)c(C)n1. The van der Waals surface area contributed by atoms with Gasteiger partial charge >= 0.3 is 6.18 Å². The number of aryl methyl sites for hydroxylation is 1. The minimum Gasteiger partial charge on any atom is -0.496 e. The molecule has 2 rings (SSSR count). The van der Waals surface area contributed by atoms with E-state index in [-0.39, 0.29) is 22.8 Å². The molecule has 0 unspecified atom stereocenters. The number of aliphatic hydroxyl groups is 1. The van der Waals surface area contributed by atoms with E-state index in [4.69, 9.17) is 9.84 Å². The summed E-state index contributed by atoms with van der Waals surface area (Å²) in [5, 5.41) is 11.4. The third-order valence-corrected chi connectivity index (χ3v) is 5.82. The van der Waals surface area contributed by atoms with Crippen molar-refractivity contribution >= 4 is 21.6 Å². The average Bonchev–Trinajstić information content (AvgIpc) is 2.67. The highest BCUT2D eigenvalue weighted by Gasteiger charge is 2.38. The van der Waals surface area contributed by atoms with Crippen molar-refractivity contribution < 1.29 is 40.6 Å². The summed E-state index contributed by atoms with van der Waals surface area (Å²) in [6.45, 7) is 1.38. The number of aromatic nitrogens is 1. The maximum atomic E-state index is 13.3. The Labute approximate surface area is 169 Å². The van der Waals surface area contributed by atoms with Crippen LogP contribution in [0.1, 0.15) is 22.5 Å². The second-order valence-corrected chi connectivity index (χ2v) is 8.35. The first kappa shape index (κ1) is 23.5. The van der Waals surface area contributed by atoms with Gasteiger partial charge in [0.2, 0.25) is 0 Å². The van der Waals surface area contributed by atoms with Crippen molar-refractivity contribution in [3.05, 3.63) is 47.4 Å². The van der Waals surface area contributed by atoms with Crippen LogP contribution < -0.4 is 10.1 Å². The number of methoxy groups -OCH3 is 1. The first-order chi connectivity index (χ1) is 13.8. The van der Waals surface area contributed by atoms with Crippen molar-refractivity contribution in [3.8, 4) is 5.75 Å². The highest BCUT2D eigenvalue weighted by Crippen LogP contribution is 2.27. The fourth-order valence-electron chi connectivity index (χ4n) is 2.40. The van der Waals surface area contributed by atoms with Crippen molar-refractivity contribution in [2.75, 3.05) is 18.2 Å². The molecule has 0 aliphatic carbocycles. The Hall–Kier alpha value is -2.73. The van der Waals surface area contributed by atoms with Gasteiger partial charge in [0.1, 0.15) is 17.4 Å². The van der Waals surface area contributed by atoms with Gasteiger partial charge in [0.25, 0.3) is 5.91 Å². The number of sulfone groups is 1. The summed E-state index contributed by atoms with van der Waals surface area (Å²) >= 11 is 0. The number of anilines is 1. The molecule has 0 radical (unpaired) electrons. The molecule has 12 heteroatoms. The normalized spacial score (nSPS) is 13.0. The van der Waals surface area contributed by atoms with E-state index in [0.717, 1.165) is 18.2 Å². The molecule has 0 saturated heterocycles. The molecule has 0 aliphatic rings. The molecule has 1 aromatic carbocycles. The molecule has 0 saturated carbocycles. The molecule has 2 N–H and O–H groups in total. The number of benzene rings is 1. The van der Waals surface area contributed by atoms with Gasteiger partial charge in [-0.3, -0.25) is 4.79 Å². The molecule has 0 bridgehead atoms. The number of alkyl halides is 3. The van der Waals surface area contributed by atoms with Crippen LogP contribution in [0, 0.1) is 12.7 Å². The van der Waals surface area contributed by atoms with Gasteiger partial charge < -0.3 is 15.2 Å². The van der Waals surface area contributed by atoms with Crippen LogP contribution >= 0.6 is 0 Å². The van der Waals surface area contributed by atoms with E-state index in [1.54, 1.807) is 0 Å². The Balaban J connectivity index is 2.29. The van der Waals surface area contributed by atoms with Crippen LogP contribution in [-0.4, -0.2) is 49.6 Å². The van der Waals surface area contributed by atoms with Crippen LogP contribution in [0.2, 0.25) is 0 Å². The van der Waals surface area contributed by atoms with Crippen LogP contribution in [0.15, 0.2) is 35.2 Å². The topological polar surface area (TPSA) is 106 Å². The molecule has 7 nitrogen and oxygen atoms in total. The summed E-state index contributed by atoms with van der Waals surface area (Å²) in [4.78, 5) is 16.0. The van der Waals surface area contributed by atoms with Crippen molar-refractivity contribution in [3.63, 3.8) is 0 Å². The van der Waals surface area contributed by atoms with Gasteiger partial charge in [-0.15, -0.1) is 0 Å². The fourth-order valence-corrected chi connectivity index (χ4v) is 3.75. The largest absolute Gasteiger partial charge is 0.496 e. The lowest BCUT2D eigenvalue weighted by molar-refractivity contribution is -0.203. The van der Waals surface area contributed by atoms with Crippen LogP contribution in [0.4, 0.5) is 23.4 Å². The molecule has 1 atom stereocenters. The van der Waals surface area contributed by atoms with E-state index < -0.39 is 50.9 Å². The van der Waals surface area contributed by atoms with Crippen molar-refractivity contribution in [1.82, 2.24) is 4.98 Å². The number of aliphatic hydroxyl groups excluding tert-OH is 1. The monoisotopic (exact) mass is 450 g/mol. The van der Waals surface area contributed by atoms with Gasteiger partial charge in [-0.05, 0) is 43.7 Å². The summed E-state index contributed by atoms with van der Waals surface area (Å²) in [6.07, 6.45) is -8.79. The molecule has 1 heterocycles. The minimum atomic E-state index is -4.94. The zero-order chi connectivity index (χ0) is 22.7. The third-order valence-electron chi connectivity index (χ3n) is 4.08. The Kier molecular flexibility index (Phi) is 7.03. The zero-order valence-corrected chi connectivity index (χ0v) is 16.6. The molecular weight excluding hydrogens is 432 g/mol. The van der Waals surface area contributed by atoms with E-state index >= 15 is 0 Å². The molecule has 1 aromatic heterocycles. The molecule has 164 valence electrons. The molecule has 1 amide bonds. The Morgan fingerprint density at radius 3 is 2.50 bits per heavy atom. The number of hydrogen-bond donors (Lipinski definition) is 2. The number of nitrogens with one attached hydrogen (secondary N) is 1. The molecule has 30 heavy (non-hydrogen) atoms. The number of nitrogens with zero attached hydrogens (tertiary/aromatic N) is 1. The maximum absolute atomic E-state index is 13.3. The second-order valence-electron chi connectivity index (χ2n) is 6.24. The van der Waals surface area contributed by atoms with E-state index in [1.165, 1.54) is 26.2 Å². The molecule has 0 aliphatic heterocycles. The summed E-state index contributed by atoms with van der Waals surface area (Å²) < 4.78 is 80.3. The highest BCUT2D eigenvalue weighted by atomic mass is 32.2. The van der Waals surface area contributed by atoms with Gasteiger partial charge in [-0.25, -0.2) is 17.8 Å². The predicted octanol–water partition coefficient (Wildman–Crippen LogP) is 2.88. The number of carbonyl (C=O) groups is 1. The predicted molar refractivity (Wildman–Crippen MR) is 98.6 cm³/mol. The number of halogens is 4. The first-order valence-corrected chi connectivity index (χ1v) is 10.1. The first-order valence-electron chi connectivity index (χ1n) is 8.45. The van der Waals surface area contributed by atoms with Gasteiger partial charge in [0, 0.05) is 0 Å². The lowest BCUT2D eigenvalue weighted by Crippen LogP contribution is -2.30. The number of amides is 1. The minimum absolute atomic E-state index is 0.000565. The van der Waals surface area contributed by atoms with E-state index in [1.807, 2.05) is 0 Å².